The highest BCUT2D eigenvalue weighted by Gasteiger charge is 2.20. The lowest BCUT2D eigenvalue weighted by molar-refractivity contribution is 0.318. The third-order valence-corrected chi connectivity index (χ3v) is 4.33. The van der Waals surface area contributed by atoms with Gasteiger partial charge in [-0.15, -0.1) is 0 Å². The van der Waals surface area contributed by atoms with Gasteiger partial charge in [-0.3, -0.25) is 0 Å². The molecule has 0 aromatic carbocycles. The predicted molar refractivity (Wildman–Crippen MR) is 71.7 cm³/mol. The van der Waals surface area contributed by atoms with Crippen LogP contribution in [0.5, 0.6) is 0 Å². The molecule has 15 heavy (non-hydrogen) atoms. The van der Waals surface area contributed by atoms with E-state index >= 15 is 0 Å². The molecule has 1 atom stereocenters. The van der Waals surface area contributed by atoms with E-state index in [1.165, 1.54) is 69.9 Å². The minimum Gasteiger partial charge on any atom is -0.303 e. The summed E-state index contributed by atoms with van der Waals surface area (Å²) in [7, 11) is 0. The van der Waals surface area contributed by atoms with Crippen molar-refractivity contribution in [3.8, 4) is 0 Å². The summed E-state index contributed by atoms with van der Waals surface area (Å²) in [6.45, 7) is 6.30. The number of rotatable bonds is 8. The molecule has 1 aliphatic rings. The Bertz CT molecular complexity index is 149. The van der Waals surface area contributed by atoms with Crippen molar-refractivity contribution in [1.82, 2.24) is 4.90 Å². The van der Waals surface area contributed by atoms with Gasteiger partial charge in [-0.05, 0) is 31.8 Å². The van der Waals surface area contributed by atoms with Gasteiger partial charge < -0.3 is 4.90 Å². The van der Waals surface area contributed by atoms with Gasteiger partial charge >= 0.3 is 0 Å². The second kappa shape index (κ2) is 8.58. The fourth-order valence-corrected chi connectivity index (χ4v) is 2.89. The van der Waals surface area contributed by atoms with E-state index in [2.05, 4.69) is 27.8 Å². The zero-order chi connectivity index (χ0) is 10.9. The summed E-state index contributed by atoms with van der Waals surface area (Å²) in [5, 5.41) is 1.19. The molecule has 1 heterocycles. The summed E-state index contributed by atoms with van der Waals surface area (Å²) in [5.41, 5.74) is 0. The summed E-state index contributed by atoms with van der Waals surface area (Å²) in [4.78, 5) is 2.64. The third kappa shape index (κ3) is 5.91. The van der Waals surface area contributed by atoms with Crippen LogP contribution < -0.4 is 0 Å². The molecule has 0 bridgehead atoms. The van der Waals surface area contributed by atoms with Gasteiger partial charge in [0.25, 0.3) is 0 Å². The molecule has 0 spiro atoms. The third-order valence-electron chi connectivity index (χ3n) is 3.42. The van der Waals surface area contributed by atoms with Crippen molar-refractivity contribution in [3.05, 3.63) is 0 Å². The standard InChI is InChI=1S/C13H26BrN/c1-2-3-4-5-6-7-9-15-10-8-13(11-14)12-15/h13H,2-12H2,1H3. The van der Waals surface area contributed by atoms with Crippen molar-refractivity contribution in [1.29, 1.82) is 0 Å². The largest absolute Gasteiger partial charge is 0.303 e. The first-order valence-electron chi connectivity index (χ1n) is 6.65. The van der Waals surface area contributed by atoms with Crippen LogP contribution in [0.2, 0.25) is 0 Å². The highest BCUT2D eigenvalue weighted by Crippen LogP contribution is 2.18. The van der Waals surface area contributed by atoms with Crippen molar-refractivity contribution >= 4 is 15.9 Å². The van der Waals surface area contributed by atoms with Crippen LogP contribution in [0.1, 0.15) is 51.9 Å². The average molecular weight is 276 g/mol. The average Bonchev–Trinajstić information content (AvgIpc) is 2.71. The maximum absolute atomic E-state index is 3.59. The molecular weight excluding hydrogens is 250 g/mol. The molecule has 1 unspecified atom stereocenters. The van der Waals surface area contributed by atoms with Gasteiger partial charge in [-0.2, -0.15) is 0 Å². The minimum atomic E-state index is 0.921. The monoisotopic (exact) mass is 275 g/mol. The lowest BCUT2D eigenvalue weighted by Crippen LogP contribution is -2.22. The number of hydrogen-bond acceptors (Lipinski definition) is 1. The van der Waals surface area contributed by atoms with Crippen molar-refractivity contribution in [2.45, 2.75) is 51.9 Å². The van der Waals surface area contributed by atoms with Gasteiger partial charge in [0.2, 0.25) is 0 Å². The summed E-state index contributed by atoms with van der Waals surface area (Å²) in [6.07, 6.45) is 9.94. The zero-order valence-electron chi connectivity index (χ0n) is 10.2. The van der Waals surface area contributed by atoms with E-state index in [1.54, 1.807) is 0 Å². The normalized spacial score (nSPS) is 22.4. The summed E-state index contributed by atoms with van der Waals surface area (Å²) >= 11 is 3.59. The molecule has 0 aromatic heterocycles. The van der Waals surface area contributed by atoms with E-state index in [1.807, 2.05) is 0 Å². The van der Waals surface area contributed by atoms with E-state index < -0.39 is 0 Å². The van der Waals surface area contributed by atoms with Crippen LogP contribution in [-0.4, -0.2) is 29.9 Å². The van der Waals surface area contributed by atoms with E-state index in [4.69, 9.17) is 0 Å². The fraction of sp³-hybridized carbons (Fsp3) is 1.00. The second-order valence-corrected chi connectivity index (χ2v) is 5.52. The van der Waals surface area contributed by atoms with E-state index in [0.717, 1.165) is 5.92 Å². The van der Waals surface area contributed by atoms with Crippen molar-refractivity contribution < 1.29 is 0 Å². The van der Waals surface area contributed by atoms with Gasteiger partial charge in [0.05, 0.1) is 0 Å². The quantitative estimate of drug-likeness (QED) is 0.477. The van der Waals surface area contributed by atoms with Crippen molar-refractivity contribution in [2.24, 2.45) is 5.92 Å². The first-order valence-corrected chi connectivity index (χ1v) is 7.77. The van der Waals surface area contributed by atoms with Crippen LogP contribution in [0.3, 0.4) is 0 Å². The number of alkyl halides is 1. The highest BCUT2D eigenvalue weighted by molar-refractivity contribution is 9.09. The van der Waals surface area contributed by atoms with Gasteiger partial charge in [-0.1, -0.05) is 55.0 Å². The van der Waals surface area contributed by atoms with Crippen LogP contribution in [0.25, 0.3) is 0 Å². The maximum Gasteiger partial charge on any atom is 0.00723 e. The molecule has 0 aromatic rings. The number of halogens is 1. The Hall–Kier alpha value is 0.440. The lowest BCUT2D eigenvalue weighted by Gasteiger charge is -2.14. The van der Waals surface area contributed by atoms with E-state index in [0.29, 0.717) is 0 Å². The smallest absolute Gasteiger partial charge is 0.00723 e. The molecule has 1 saturated heterocycles. The molecule has 90 valence electrons. The first kappa shape index (κ1) is 13.5. The second-order valence-electron chi connectivity index (χ2n) is 4.88. The van der Waals surface area contributed by atoms with E-state index in [9.17, 15) is 0 Å². The van der Waals surface area contributed by atoms with Gasteiger partial charge in [0.15, 0.2) is 0 Å². The topological polar surface area (TPSA) is 3.24 Å². The van der Waals surface area contributed by atoms with Gasteiger partial charge in [0, 0.05) is 11.9 Å². The number of nitrogens with zero attached hydrogens (tertiary/aromatic N) is 1. The lowest BCUT2D eigenvalue weighted by atomic mass is 10.1. The molecular formula is C13H26BrN. The molecule has 1 aliphatic heterocycles. The first-order chi connectivity index (χ1) is 7.36. The van der Waals surface area contributed by atoms with Crippen molar-refractivity contribution in [2.75, 3.05) is 25.0 Å². The number of unbranched alkanes of at least 4 members (excludes halogenated alkanes) is 5. The molecule has 1 rings (SSSR count). The molecule has 1 nitrogen and oxygen atoms in total. The molecule has 0 amide bonds. The Balaban J connectivity index is 1.88. The van der Waals surface area contributed by atoms with Crippen molar-refractivity contribution in [3.63, 3.8) is 0 Å². The molecule has 0 radical (unpaired) electrons. The molecule has 0 aliphatic carbocycles. The Morgan fingerprint density at radius 2 is 1.87 bits per heavy atom. The van der Waals surface area contributed by atoms with Crippen LogP contribution >= 0.6 is 15.9 Å². The summed E-state index contributed by atoms with van der Waals surface area (Å²) < 4.78 is 0. The predicted octanol–water partition coefficient (Wildman–Crippen LogP) is 4.06. The molecule has 0 saturated carbocycles. The summed E-state index contributed by atoms with van der Waals surface area (Å²) in [6, 6.07) is 0. The Labute approximate surface area is 104 Å². The SMILES string of the molecule is CCCCCCCCN1CCC(CBr)C1. The Kier molecular flexibility index (Phi) is 7.72. The minimum absolute atomic E-state index is 0.921. The maximum atomic E-state index is 3.59. The van der Waals surface area contributed by atoms with E-state index in [-0.39, 0.29) is 0 Å². The van der Waals surface area contributed by atoms with Crippen LogP contribution in [0.15, 0.2) is 0 Å². The van der Waals surface area contributed by atoms with Crippen LogP contribution in [0.4, 0.5) is 0 Å². The Morgan fingerprint density at radius 1 is 1.13 bits per heavy atom. The molecule has 0 N–H and O–H groups in total. The highest BCUT2D eigenvalue weighted by atomic mass is 79.9. The number of hydrogen-bond donors (Lipinski definition) is 0. The summed E-state index contributed by atoms with van der Waals surface area (Å²) in [5.74, 6) is 0.921. The van der Waals surface area contributed by atoms with Gasteiger partial charge in [-0.25, -0.2) is 0 Å². The fourth-order valence-electron chi connectivity index (χ4n) is 2.36. The molecule has 2 heteroatoms. The zero-order valence-corrected chi connectivity index (χ0v) is 11.8. The van der Waals surface area contributed by atoms with Crippen LogP contribution in [-0.2, 0) is 0 Å². The molecule has 1 fully saturated rings. The number of likely N-dealkylation sites (tertiary alicyclic amines) is 1. The van der Waals surface area contributed by atoms with Crippen LogP contribution in [0, 0.1) is 5.92 Å². The Morgan fingerprint density at radius 3 is 2.53 bits per heavy atom. The van der Waals surface area contributed by atoms with Gasteiger partial charge in [0.1, 0.15) is 0 Å².